The van der Waals surface area contributed by atoms with Crippen LogP contribution in [0.4, 0.5) is 0 Å². The molecule has 2 aromatic rings. The molecule has 0 unspecified atom stereocenters. The van der Waals surface area contributed by atoms with Crippen LogP contribution in [0.3, 0.4) is 0 Å². The Labute approximate surface area is 90.6 Å². The molecule has 4 heteroatoms. The second kappa shape index (κ2) is 3.06. The highest BCUT2D eigenvalue weighted by atomic mass is 16.2. The highest BCUT2D eigenvalue weighted by Gasteiger charge is 2.22. The van der Waals surface area contributed by atoms with Crippen LogP contribution in [0.2, 0.25) is 0 Å². The van der Waals surface area contributed by atoms with Gasteiger partial charge in [0.1, 0.15) is 0 Å². The zero-order valence-electron chi connectivity index (χ0n) is 8.18. The van der Waals surface area contributed by atoms with Gasteiger partial charge in [0.05, 0.1) is 11.1 Å². The summed E-state index contributed by atoms with van der Waals surface area (Å²) in [5.74, 6) is -0.916. The van der Waals surface area contributed by atoms with Gasteiger partial charge in [-0.1, -0.05) is 24.3 Å². The molecule has 0 saturated heterocycles. The number of amides is 2. The predicted octanol–water partition coefficient (Wildman–Crippen LogP) is 2.59. The molecule has 0 atom stereocenters. The molecule has 2 amide bonds. The van der Waals surface area contributed by atoms with Crippen LogP contribution in [-0.2, 0) is 0 Å². The zero-order chi connectivity index (χ0) is 11.1. The first-order valence-electron chi connectivity index (χ1n) is 4.79. The number of azo groups is 1. The lowest BCUT2D eigenvalue weighted by atomic mass is 9.99. The maximum Gasteiger partial charge on any atom is 0.296 e. The molecule has 0 saturated carbocycles. The number of benzene rings is 2. The Bertz CT molecular complexity index is 603. The van der Waals surface area contributed by atoms with E-state index in [1.165, 1.54) is 0 Å². The lowest BCUT2D eigenvalue weighted by molar-refractivity contribution is 0.0921. The molecule has 1 heterocycles. The van der Waals surface area contributed by atoms with Gasteiger partial charge in [-0.3, -0.25) is 9.59 Å². The quantitative estimate of drug-likeness (QED) is 0.670. The van der Waals surface area contributed by atoms with E-state index in [0.717, 1.165) is 10.8 Å². The molecule has 0 bridgehead atoms. The van der Waals surface area contributed by atoms with E-state index in [1.807, 2.05) is 24.3 Å². The summed E-state index contributed by atoms with van der Waals surface area (Å²) in [6.07, 6.45) is 0. The van der Waals surface area contributed by atoms with Crippen molar-refractivity contribution < 1.29 is 9.59 Å². The van der Waals surface area contributed by atoms with E-state index in [-0.39, 0.29) is 0 Å². The van der Waals surface area contributed by atoms with Crippen molar-refractivity contribution >= 4 is 22.6 Å². The smallest absolute Gasteiger partial charge is 0.265 e. The average Bonchev–Trinajstić information content (AvgIpc) is 2.32. The number of hydrogen-bond donors (Lipinski definition) is 0. The largest absolute Gasteiger partial charge is 0.296 e. The fourth-order valence-corrected chi connectivity index (χ4v) is 1.79. The highest BCUT2D eigenvalue weighted by Crippen LogP contribution is 2.24. The van der Waals surface area contributed by atoms with Gasteiger partial charge < -0.3 is 0 Å². The third kappa shape index (κ3) is 1.16. The summed E-state index contributed by atoms with van der Waals surface area (Å²) in [5.41, 5.74) is 0.664. The van der Waals surface area contributed by atoms with Crippen molar-refractivity contribution in [1.82, 2.24) is 0 Å². The van der Waals surface area contributed by atoms with Gasteiger partial charge in [-0.25, -0.2) is 0 Å². The van der Waals surface area contributed by atoms with E-state index in [4.69, 9.17) is 0 Å². The summed E-state index contributed by atoms with van der Waals surface area (Å²) in [7, 11) is 0. The monoisotopic (exact) mass is 210 g/mol. The van der Waals surface area contributed by atoms with Crippen LogP contribution in [0, 0.1) is 0 Å². The summed E-state index contributed by atoms with van der Waals surface area (Å²) < 4.78 is 0. The van der Waals surface area contributed by atoms with Crippen molar-refractivity contribution in [2.45, 2.75) is 0 Å². The molecule has 0 fully saturated rings. The van der Waals surface area contributed by atoms with Gasteiger partial charge in [0.2, 0.25) is 0 Å². The van der Waals surface area contributed by atoms with Crippen LogP contribution in [0.1, 0.15) is 20.7 Å². The SMILES string of the molecule is O=C1N=NC(=O)c2cc3ccccc3cc21. The second-order valence-corrected chi connectivity index (χ2v) is 3.56. The van der Waals surface area contributed by atoms with Crippen molar-refractivity contribution in [3.63, 3.8) is 0 Å². The Hall–Kier alpha value is -2.36. The van der Waals surface area contributed by atoms with Crippen molar-refractivity contribution in [1.29, 1.82) is 0 Å². The fourth-order valence-electron chi connectivity index (χ4n) is 1.79. The van der Waals surface area contributed by atoms with Gasteiger partial charge in [-0.05, 0) is 22.9 Å². The van der Waals surface area contributed by atoms with E-state index < -0.39 is 11.8 Å². The van der Waals surface area contributed by atoms with Gasteiger partial charge in [-0.2, -0.15) is 0 Å². The maximum atomic E-state index is 11.5. The number of carbonyl (C=O) groups is 2. The number of hydrogen-bond acceptors (Lipinski definition) is 2. The lowest BCUT2D eigenvalue weighted by Crippen LogP contribution is -2.10. The molecular formula is C12H6N2O2. The minimum Gasteiger partial charge on any atom is -0.265 e. The highest BCUT2D eigenvalue weighted by molar-refractivity contribution is 6.13. The van der Waals surface area contributed by atoms with Crippen molar-refractivity contribution in [3.05, 3.63) is 47.5 Å². The third-order valence-corrected chi connectivity index (χ3v) is 2.58. The van der Waals surface area contributed by atoms with E-state index >= 15 is 0 Å². The first-order chi connectivity index (χ1) is 7.75. The Morgan fingerprint density at radius 3 is 1.62 bits per heavy atom. The fraction of sp³-hybridized carbons (Fsp3) is 0. The molecule has 76 valence electrons. The van der Waals surface area contributed by atoms with Crippen LogP contribution in [0.15, 0.2) is 46.6 Å². The zero-order valence-corrected chi connectivity index (χ0v) is 8.18. The average molecular weight is 210 g/mol. The topological polar surface area (TPSA) is 58.9 Å². The van der Waals surface area contributed by atoms with Crippen LogP contribution < -0.4 is 0 Å². The van der Waals surface area contributed by atoms with Gasteiger partial charge >= 0.3 is 0 Å². The number of carbonyl (C=O) groups excluding carboxylic acids is 2. The van der Waals surface area contributed by atoms with E-state index in [2.05, 4.69) is 10.2 Å². The lowest BCUT2D eigenvalue weighted by Gasteiger charge is -2.08. The van der Waals surface area contributed by atoms with Crippen LogP contribution in [-0.4, -0.2) is 11.8 Å². The Morgan fingerprint density at radius 1 is 0.750 bits per heavy atom. The first-order valence-corrected chi connectivity index (χ1v) is 4.79. The molecule has 0 aliphatic carbocycles. The summed E-state index contributed by atoms with van der Waals surface area (Å²) in [5, 5.41) is 8.42. The normalized spacial score (nSPS) is 14.2. The third-order valence-electron chi connectivity index (χ3n) is 2.58. The second-order valence-electron chi connectivity index (χ2n) is 3.56. The standard InChI is InChI=1S/C12H6N2O2/c15-11-9-5-7-3-1-2-4-8(7)6-10(9)12(16)14-13-11/h1-6H. The minimum absolute atomic E-state index is 0.332. The van der Waals surface area contributed by atoms with Crippen molar-refractivity contribution in [3.8, 4) is 0 Å². The van der Waals surface area contributed by atoms with Crippen LogP contribution in [0.25, 0.3) is 10.8 Å². The summed E-state index contributed by atoms with van der Waals surface area (Å²) in [6.45, 7) is 0. The summed E-state index contributed by atoms with van der Waals surface area (Å²) >= 11 is 0. The molecule has 0 N–H and O–H groups in total. The molecule has 2 aromatic carbocycles. The van der Waals surface area contributed by atoms with Crippen molar-refractivity contribution in [2.75, 3.05) is 0 Å². The molecule has 1 aliphatic heterocycles. The van der Waals surface area contributed by atoms with Crippen LogP contribution >= 0.6 is 0 Å². The molecule has 0 spiro atoms. The minimum atomic E-state index is -0.458. The Morgan fingerprint density at radius 2 is 1.19 bits per heavy atom. The van der Waals surface area contributed by atoms with Gasteiger partial charge in [-0.15, -0.1) is 10.2 Å². The predicted molar refractivity (Wildman–Crippen MR) is 57.5 cm³/mol. The molecule has 3 rings (SSSR count). The number of rotatable bonds is 0. The Balaban J connectivity index is 2.40. The van der Waals surface area contributed by atoms with Crippen molar-refractivity contribution in [2.24, 2.45) is 10.2 Å². The molecule has 0 radical (unpaired) electrons. The Kier molecular flexibility index (Phi) is 1.71. The first kappa shape index (κ1) is 8.91. The molecule has 16 heavy (non-hydrogen) atoms. The molecular weight excluding hydrogens is 204 g/mol. The summed E-state index contributed by atoms with van der Waals surface area (Å²) in [6, 6.07) is 10.9. The van der Waals surface area contributed by atoms with Crippen LogP contribution in [0.5, 0.6) is 0 Å². The van der Waals surface area contributed by atoms with Gasteiger partial charge in [0.25, 0.3) is 11.8 Å². The number of fused-ring (bicyclic) bond motifs is 2. The van der Waals surface area contributed by atoms with E-state index in [9.17, 15) is 9.59 Å². The number of nitrogens with zero attached hydrogens (tertiary/aromatic N) is 2. The molecule has 1 aliphatic rings. The van der Waals surface area contributed by atoms with E-state index in [1.54, 1.807) is 12.1 Å². The van der Waals surface area contributed by atoms with Gasteiger partial charge in [0, 0.05) is 0 Å². The molecule has 0 aromatic heterocycles. The van der Waals surface area contributed by atoms with Gasteiger partial charge in [0.15, 0.2) is 0 Å². The molecule has 4 nitrogen and oxygen atoms in total. The maximum absolute atomic E-state index is 11.5. The summed E-state index contributed by atoms with van der Waals surface area (Å²) in [4.78, 5) is 22.9. The van der Waals surface area contributed by atoms with E-state index in [0.29, 0.717) is 11.1 Å².